The summed E-state index contributed by atoms with van der Waals surface area (Å²) in [5.74, 6) is -0.179. The first-order chi connectivity index (χ1) is 8.95. The third-order valence-corrected chi connectivity index (χ3v) is 4.54. The molecule has 1 aromatic rings. The van der Waals surface area contributed by atoms with Gasteiger partial charge in [0.05, 0.1) is 0 Å². The molecule has 0 saturated carbocycles. The zero-order valence-electron chi connectivity index (χ0n) is 12.5. The molecule has 0 radical (unpaired) electrons. The van der Waals surface area contributed by atoms with Gasteiger partial charge in [0.25, 0.3) is 0 Å². The summed E-state index contributed by atoms with van der Waals surface area (Å²) in [5, 5.41) is 0. The van der Waals surface area contributed by atoms with Crippen molar-refractivity contribution in [3.63, 3.8) is 0 Å². The second kappa shape index (κ2) is 5.88. The average Bonchev–Trinajstić information content (AvgIpc) is 2.26. The molecule has 0 unspecified atom stereocenters. The summed E-state index contributed by atoms with van der Waals surface area (Å²) in [4.78, 5) is 0. The second-order valence-electron chi connectivity index (χ2n) is 6.10. The Morgan fingerprint density at radius 3 is 1.90 bits per heavy atom. The third kappa shape index (κ3) is 5.27. The van der Waals surface area contributed by atoms with Gasteiger partial charge in [-0.2, -0.15) is 11.8 Å². The lowest BCUT2D eigenvalue weighted by atomic mass is 9.77. The molecule has 0 atom stereocenters. The van der Waals surface area contributed by atoms with E-state index in [1.165, 1.54) is 12.1 Å². The fourth-order valence-electron chi connectivity index (χ4n) is 2.35. The molecular formula is C15H21F3OS. The highest BCUT2D eigenvalue weighted by Gasteiger charge is 2.32. The first-order valence-electron chi connectivity index (χ1n) is 6.37. The molecule has 0 aromatic heterocycles. The Kier molecular flexibility index (Phi) is 5.06. The molecule has 0 spiro atoms. The highest BCUT2D eigenvalue weighted by atomic mass is 32.2. The van der Waals surface area contributed by atoms with Crippen LogP contribution in [0.2, 0.25) is 0 Å². The molecule has 20 heavy (non-hydrogen) atoms. The lowest BCUT2D eigenvalue weighted by molar-refractivity contribution is -0.274. The van der Waals surface area contributed by atoms with E-state index in [0.717, 1.165) is 12.0 Å². The van der Waals surface area contributed by atoms with Crippen molar-refractivity contribution >= 4 is 11.8 Å². The Balaban J connectivity index is 2.87. The molecule has 0 amide bonds. The summed E-state index contributed by atoms with van der Waals surface area (Å²) in [5.41, 5.74) is 0.901. The highest BCUT2D eigenvalue weighted by molar-refractivity contribution is 7.99. The fraction of sp³-hybridized carbons (Fsp3) is 0.600. The normalized spacial score (nSPS) is 13.4. The largest absolute Gasteiger partial charge is 0.573 e. The number of benzene rings is 1. The number of hydrogen-bond donors (Lipinski definition) is 0. The van der Waals surface area contributed by atoms with Crippen LogP contribution in [0.15, 0.2) is 24.3 Å². The fourth-order valence-corrected chi connectivity index (χ4v) is 2.85. The van der Waals surface area contributed by atoms with Crippen LogP contribution in [0.3, 0.4) is 0 Å². The minimum atomic E-state index is -4.64. The van der Waals surface area contributed by atoms with E-state index in [-0.39, 0.29) is 15.9 Å². The molecular weight excluding hydrogens is 285 g/mol. The SMILES string of the molecule is CSC(C)(C)CC(C)(C)c1ccc(OC(F)(F)F)cc1. The molecule has 0 saturated heterocycles. The van der Waals surface area contributed by atoms with E-state index in [0.29, 0.717) is 0 Å². The van der Waals surface area contributed by atoms with Crippen molar-refractivity contribution in [2.24, 2.45) is 0 Å². The maximum atomic E-state index is 12.1. The Labute approximate surface area is 122 Å². The zero-order valence-corrected chi connectivity index (χ0v) is 13.3. The number of ether oxygens (including phenoxy) is 1. The summed E-state index contributed by atoms with van der Waals surface area (Å²) in [7, 11) is 0. The van der Waals surface area contributed by atoms with Crippen LogP contribution < -0.4 is 4.74 Å². The average molecular weight is 306 g/mol. The van der Waals surface area contributed by atoms with Crippen molar-refractivity contribution in [3.05, 3.63) is 29.8 Å². The molecule has 1 rings (SSSR count). The third-order valence-electron chi connectivity index (χ3n) is 3.29. The van der Waals surface area contributed by atoms with E-state index < -0.39 is 6.36 Å². The molecule has 1 aromatic carbocycles. The van der Waals surface area contributed by atoms with Crippen molar-refractivity contribution in [1.29, 1.82) is 0 Å². The summed E-state index contributed by atoms with van der Waals surface area (Å²) >= 11 is 1.79. The predicted octanol–water partition coefficient (Wildman–Crippen LogP) is 5.39. The summed E-state index contributed by atoms with van der Waals surface area (Å²) < 4.78 is 40.4. The van der Waals surface area contributed by atoms with Crippen LogP contribution in [0.5, 0.6) is 5.75 Å². The topological polar surface area (TPSA) is 9.23 Å². The molecule has 5 heteroatoms. The Bertz CT molecular complexity index is 435. The number of halogens is 3. The van der Waals surface area contributed by atoms with E-state index in [9.17, 15) is 13.2 Å². The van der Waals surface area contributed by atoms with Gasteiger partial charge in [0, 0.05) is 4.75 Å². The van der Waals surface area contributed by atoms with E-state index in [1.807, 2.05) is 0 Å². The van der Waals surface area contributed by atoms with Crippen molar-refractivity contribution in [3.8, 4) is 5.75 Å². The molecule has 0 aliphatic carbocycles. The number of thioether (sulfide) groups is 1. The summed E-state index contributed by atoms with van der Waals surface area (Å²) in [6, 6.07) is 6.16. The maximum Gasteiger partial charge on any atom is 0.573 e. The number of rotatable bonds is 5. The lowest BCUT2D eigenvalue weighted by Gasteiger charge is -2.34. The van der Waals surface area contributed by atoms with E-state index in [1.54, 1.807) is 23.9 Å². The van der Waals surface area contributed by atoms with Crippen molar-refractivity contribution in [1.82, 2.24) is 0 Å². The Hall–Kier alpha value is -0.840. The first kappa shape index (κ1) is 17.2. The Morgan fingerprint density at radius 2 is 1.50 bits per heavy atom. The minimum absolute atomic E-state index is 0.108. The molecule has 0 heterocycles. The van der Waals surface area contributed by atoms with E-state index in [4.69, 9.17) is 0 Å². The van der Waals surface area contributed by atoms with Crippen LogP contribution in [0.4, 0.5) is 13.2 Å². The Morgan fingerprint density at radius 1 is 1.00 bits per heavy atom. The van der Waals surface area contributed by atoms with Gasteiger partial charge in [-0.1, -0.05) is 39.8 Å². The summed E-state index contributed by atoms with van der Waals surface area (Å²) in [6.07, 6.45) is -1.64. The van der Waals surface area contributed by atoms with Gasteiger partial charge in [0.1, 0.15) is 5.75 Å². The van der Waals surface area contributed by atoms with Gasteiger partial charge in [-0.15, -0.1) is 13.2 Å². The van der Waals surface area contributed by atoms with Gasteiger partial charge in [-0.3, -0.25) is 0 Å². The van der Waals surface area contributed by atoms with Crippen molar-refractivity contribution in [2.45, 2.75) is 50.6 Å². The van der Waals surface area contributed by atoms with Gasteiger partial charge >= 0.3 is 6.36 Å². The van der Waals surface area contributed by atoms with Crippen LogP contribution in [0.1, 0.15) is 39.7 Å². The number of alkyl halides is 3. The monoisotopic (exact) mass is 306 g/mol. The number of hydrogen-bond acceptors (Lipinski definition) is 2. The zero-order chi connectivity index (χ0) is 15.6. The molecule has 114 valence electrons. The smallest absolute Gasteiger partial charge is 0.406 e. The van der Waals surface area contributed by atoms with Crippen LogP contribution >= 0.6 is 11.8 Å². The standard InChI is InChI=1S/C15H21F3OS/c1-13(2,10-14(3,4)20-5)11-6-8-12(9-7-11)19-15(16,17)18/h6-9H,10H2,1-5H3. The molecule has 0 bridgehead atoms. The van der Waals surface area contributed by atoms with Gasteiger partial charge in [0.2, 0.25) is 0 Å². The van der Waals surface area contributed by atoms with Crippen LogP contribution in [-0.4, -0.2) is 17.4 Å². The van der Waals surface area contributed by atoms with E-state index >= 15 is 0 Å². The van der Waals surface area contributed by atoms with Crippen molar-refractivity contribution in [2.75, 3.05) is 6.26 Å². The van der Waals surface area contributed by atoms with Gasteiger partial charge in [-0.25, -0.2) is 0 Å². The summed E-state index contributed by atoms with van der Waals surface area (Å²) in [6.45, 7) is 8.54. The quantitative estimate of drug-likeness (QED) is 0.721. The first-order valence-corrected chi connectivity index (χ1v) is 7.59. The van der Waals surface area contributed by atoms with Crippen molar-refractivity contribution < 1.29 is 17.9 Å². The molecule has 1 nitrogen and oxygen atoms in total. The van der Waals surface area contributed by atoms with Crippen LogP contribution in [0, 0.1) is 0 Å². The minimum Gasteiger partial charge on any atom is -0.406 e. The van der Waals surface area contributed by atoms with Gasteiger partial charge < -0.3 is 4.74 Å². The maximum absolute atomic E-state index is 12.1. The van der Waals surface area contributed by atoms with Crippen LogP contribution in [0.25, 0.3) is 0 Å². The molecule has 0 N–H and O–H groups in total. The highest BCUT2D eigenvalue weighted by Crippen LogP contribution is 2.38. The van der Waals surface area contributed by atoms with Gasteiger partial charge in [0.15, 0.2) is 0 Å². The lowest BCUT2D eigenvalue weighted by Crippen LogP contribution is -2.28. The second-order valence-corrected chi connectivity index (χ2v) is 7.61. The molecule has 0 aliphatic heterocycles. The predicted molar refractivity (Wildman–Crippen MR) is 78.4 cm³/mol. The van der Waals surface area contributed by atoms with E-state index in [2.05, 4.69) is 38.7 Å². The van der Waals surface area contributed by atoms with Crippen LogP contribution in [-0.2, 0) is 5.41 Å². The molecule has 0 aliphatic rings. The van der Waals surface area contributed by atoms with Gasteiger partial charge in [-0.05, 0) is 35.8 Å². The molecule has 0 fully saturated rings.